The molecule has 0 unspecified atom stereocenters. The summed E-state index contributed by atoms with van der Waals surface area (Å²) in [6.45, 7) is 0. The van der Waals surface area contributed by atoms with Crippen LogP contribution in [0.25, 0.3) is 106 Å². The number of fused-ring (bicyclic) bond motifs is 5. The third kappa shape index (κ3) is 5.29. The van der Waals surface area contributed by atoms with E-state index in [0.717, 1.165) is 41.0 Å². The lowest BCUT2D eigenvalue weighted by Gasteiger charge is -2.19. The first-order valence-electron chi connectivity index (χ1n) is 19.2. The molecule has 1 heterocycles. The third-order valence-electron chi connectivity index (χ3n) is 11.4. The first-order chi connectivity index (χ1) is 27.3. The second kappa shape index (κ2) is 12.8. The number of hydrogen-bond acceptors (Lipinski definition) is 1. The molecule has 0 saturated heterocycles. The zero-order chi connectivity index (χ0) is 36.3. The van der Waals surface area contributed by atoms with Crippen molar-refractivity contribution in [1.82, 2.24) is 9.55 Å². The van der Waals surface area contributed by atoms with Crippen LogP contribution in [0.1, 0.15) is 12.8 Å². The molecule has 1 aliphatic carbocycles. The summed E-state index contributed by atoms with van der Waals surface area (Å²) in [6, 6.07) is 66.5. The van der Waals surface area contributed by atoms with Crippen LogP contribution in [0.5, 0.6) is 0 Å². The van der Waals surface area contributed by atoms with Crippen molar-refractivity contribution in [3.63, 3.8) is 0 Å². The van der Waals surface area contributed by atoms with Crippen molar-refractivity contribution < 1.29 is 0 Å². The monoisotopic (exact) mass is 700 g/mol. The zero-order valence-electron chi connectivity index (χ0n) is 30.3. The molecule has 10 aromatic rings. The van der Waals surface area contributed by atoms with E-state index < -0.39 is 0 Å². The van der Waals surface area contributed by atoms with Crippen LogP contribution in [0.2, 0.25) is 0 Å². The molecule has 0 saturated carbocycles. The Labute approximate surface area is 319 Å². The zero-order valence-corrected chi connectivity index (χ0v) is 30.3. The third-order valence-corrected chi connectivity index (χ3v) is 11.4. The number of nitrogens with zero attached hydrogens (tertiary/aromatic N) is 2. The molecule has 9 aromatic carbocycles. The number of rotatable bonds is 5. The van der Waals surface area contributed by atoms with E-state index in [0.29, 0.717) is 0 Å². The first kappa shape index (κ1) is 31.5. The van der Waals surface area contributed by atoms with Gasteiger partial charge in [-0.15, -0.1) is 0 Å². The average Bonchev–Trinajstić information content (AvgIpc) is 3.65. The minimum absolute atomic E-state index is 0.938. The van der Waals surface area contributed by atoms with Gasteiger partial charge in [0.2, 0.25) is 0 Å². The molecular formula is C53H36N2. The van der Waals surface area contributed by atoms with Crippen molar-refractivity contribution in [2.75, 3.05) is 0 Å². The average molecular weight is 701 g/mol. The van der Waals surface area contributed by atoms with Gasteiger partial charge in [0, 0.05) is 11.3 Å². The van der Waals surface area contributed by atoms with Gasteiger partial charge in [-0.1, -0.05) is 152 Å². The Hall–Kier alpha value is -7.03. The molecule has 11 rings (SSSR count). The molecule has 0 N–H and O–H groups in total. The van der Waals surface area contributed by atoms with E-state index >= 15 is 0 Å². The SMILES string of the molecule is C1=c2ccc(-c3c4ccccc4c(-c4ccc5ccccc5c4)c4ccc(-c5ccc(-c6nc7ccccc7n6-c6ccccc6)cc5)cc34)cc2=CCC1. The predicted molar refractivity (Wildman–Crippen MR) is 233 cm³/mol. The Bertz CT molecular complexity index is 3240. The maximum atomic E-state index is 5.12. The summed E-state index contributed by atoms with van der Waals surface area (Å²) in [5.74, 6) is 0.938. The van der Waals surface area contributed by atoms with Crippen LogP contribution in [0, 0.1) is 0 Å². The second-order valence-electron chi connectivity index (χ2n) is 14.6. The van der Waals surface area contributed by atoms with Gasteiger partial charge in [0.05, 0.1) is 11.0 Å². The van der Waals surface area contributed by atoms with Gasteiger partial charge < -0.3 is 0 Å². The van der Waals surface area contributed by atoms with Crippen LogP contribution in [0.3, 0.4) is 0 Å². The molecule has 0 atom stereocenters. The molecule has 0 amide bonds. The fourth-order valence-electron chi connectivity index (χ4n) is 8.77. The van der Waals surface area contributed by atoms with Gasteiger partial charge in [0.1, 0.15) is 5.82 Å². The number of benzene rings is 9. The van der Waals surface area contributed by atoms with Crippen molar-refractivity contribution in [2.24, 2.45) is 0 Å². The Morgan fingerprint density at radius 2 is 0.982 bits per heavy atom. The lowest BCUT2D eigenvalue weighted by Crippen LogP contribution is -2.26. The summed E-state index contributed by atoms with van der Waals surface area (Å²) in [5, 5.41) is 10.2. The highest BCUT2D eigenvalue weighted by Gasteiger charge is 2.19. The minimum Gasteiger partial charge on any atom is -0.292 e. The second-order valence-corrected chi connectivity index (χ2v) is 14.6. The van der Waals surface area contributed by atoms with Gasteiger partial charge >= 0.3 is 0 Å². The largest absolute Gasteiger partial charge is 0.292 e. The highest BCUT2D eigenvalue weighted by Crippen LogP contribution is 2.45. The molecule has 55 heavy (non-hydrogen) atoms. The van der Waals surface area contributed by atoms with E-state index in [-0.39, 0.29) is 0 Å². The lowest BCUT2D eigenvalue weighted by atomic mass is 9.84. The number of hydrogen-bond donors (Lipinski definition) is 0. The van der Waals surface area contributed by atoms with Gasteiger partial charge in [0.25, 0.3) is 0 Å². The molecule has 2 heteroatoms. The maximum absolute atomic E-state index is 5.12. The molecule has 1 aliphatic rings. The molecule has 1 aromatic heterocycles. The lowest BCUT2D eigenvalue weighted by molar-refractivity contribution is 1.10. The van der Waals surface area contributed by atoms with Crippen LogP contribution in [-0.4, -0.2) is 9.55 Å². The topological polar surface area (TPSA) is 17.8 Å². The molecule has 2 nitrogen and oxygen atoms in total. The summed E-state index contributed by atoms with van der Waals surface area (Å²) < 4.78 is 2.26. The minimum atomic E-state index is 0.938. The molecule has 0 aliphatic heterocycles. The quantitative estimate of drug-likeness (QED) is 0.163. The van der Waals surface area contributed by atoms with E-state index in [2.05, 4.69) is 199 Å². The molecule has 0 fully saturated rings. The number of para-hydroxylation sites is 3. The predicted octanol–water partition coefficient (Wildman–Crippen LogP) is 12.5. The summed E-state index contributed by atoms with van der Waals surface area (Å²) in [7, 11) is 0. The Balaban J connectivity index is 1.12. The molecule has 0 radical (unpaired) electrons. The maximum Gasteiger partial charge on any atom is 0.145 e. The molecular weight excluding hydrogens is 665 g/mol. The molecule has 0 bridgehead atoms. The highest BCUT2D eigenvalue weighted by molar-refractivity contribution is 6.22. The summed E-state index contributed by atoms with van der Waals surface area (Å²) in [4.78, 5) is 5.12. The fourth-order valence-corrected chi connectivity index (χ4v) is 8.77. The van der Waals surface area contributed by atoms with E-state index in [4.69, 9.17) is 4.98 Å². The normalized spacial score (nSPS) is 12.5. The first-order valence-corrected chi connectivity index (χ1v) is 19.2. The van der Waals surface area contributed by atoms with Crippen molar-refractivity contribution >= 4 is 55.5 Å². The van der Waals surface area contributed by atoms with Gasteiger partial charge in [-0.2, -0.15) is 0 Å². The number of aromatic nitrogens is 2. The van der Waals surface area contributed by atoms with Crippen LogP contribution >= 0.6 is 0 Å². The van der Waals surface area contributed by atoms with Crippen LogP contribution in [0.15, 0.2) is 182 Å². The van der Waals surface area contributed by atoms with Gasteiger partial charge in [-0.3, -0.25) is 4.57 Å². The summed E-state index contributed by atoms with van der Waals surface area (Å²) in [6.07, 6.45) is 6.95. The van der Waals surface area contributed by atoms with Crippen molar-refractivity contribution in [1.29, 1.82) is 0 Å². The van der Waals surface area contributed by atoms with E-state index in [1.54, 1.807) is 0 Å². The van der Waals surface area contributed by atoms with E-state index in [1.165, 1.54) is 76.1 Å². The van der Waals surface area contributed by atoms with E-state index in [1.807, 2.05) is 0 Å². The standard InChI is InChI=1S/C53H36N2/c1-2-16-44(17-3-1)55-50-21-11-10-20-49(50)54-53(55)38-26-22-37(23-27-38)41-30-31-47-48(34-41)52(43-29-25-36-13-5-7-15-40(36)33-43)46-19-9-8-18-45(46)51(47)42-28-24-35-12-4-6-14-39(35)32-42/h1-4,6,8-34H,5,7H2. The van der Waals surface area contributed by atoms with Crippen molar-refractivity contribution in [3.05, 3.63) is 192 Å². The van der Waals surface area contributed by atoms with Crippen LogP contribution in [0.4, 0.5) is 0 Å². The van der Waals surface area contributed by atoms with Gasteiger partial charge in [-0.05, 0) is 131 Å². The molecule has 258 valence electrons. The smallest absolute Gasteiger partial charge is 0.145 e. The van der Waals surface area contributed by atoms with Crippen LogP contribution < -0.4 is 10.4 Å². The fraction of sp³-hybridized carbons (Fsp3) is 0.0377. The Kier molecular flexibility index (Phi) is 7.34. The van der Waals surface area contributed by atoms with Crippen molar-refractivity contribution in [2.45, 2.75) is 12.8 Å². The van der Waals surface area contributed by atoms with Gasteiger partial charge in [-0.25, -0.2) is 4.98 Å². The van der Waals surface area contributed by atoms with Gasteiger partial charge in [0.15, 0.2) is 0 Å². The molecule has 0 spiro atoms. The summed E-state index contributed by atoms with van der Waals surface area (Å²) in [5.41, 5.74) is 11.7. The van der Waals surface area contributed by atoms with E-state index in [9.17, 15) is 0 Å². The number of imidazole rings is 1. The Morgan fingerprint density at radius 1 is 0.382 bits per heavy atom. The van der Waals surface area contributed by atoms with Crippen molar-refractivity contribution in [3.8, 4) is 50.5 Å². The summed E-state index contributed by atoms with van der Waals surface area (Å²) >= 11 is 0. The van der Waals surface area contributed by atoms with Crippen LogP contribution in [-0.2, 0) is 0 Å². The Morgan fingerprint density at radius 3 is 1.82 bits per heavy atom. The highest BCUT2D eigenvalue weighted by atomic mass is 15.1.